The number of rotatable bonds is 9. The molecule has 4 N–H and O–H groups in total. The van der Waals surface area contributed by atoms with E-state index in [1.165, 1.54) is 20.1 Å². The molecule has 5 heterocycles. The third kappa shape index (κ3) is 11.2. The SMILES string of the molecule is CCC(=O)N=C1[C@H](C)C[C@@]2(C)OC/C(=N/OCc3coc(-c4cccc(N)n4)n3)CO[C@H]([C@H]1C)[C@](C)(O)[C@@H](CC)OC(=O)[C@@](C)(F)C(=O)[C@H](C)[C@H]2O[C@@H]1O[C@H](C)C[C@H](N(C)C)[C@H]1O. The maximum Gasteiger partial charge on any atom is 0.351 e. The van der Waals surface area contributed by atoms with Crippen LogP contribution in [0.15, 0.2) is 39.0 Å². The van der Waals surface area contributed by atoms with Crippen molar-refractivity contribution in [2.45, 2.75) is 154 Å². The van der Waals surface area contributed by atoms with Crippen LogP contribution in [-0.2, 0) is 49.5 Å². The smallest absolute Gasteiger partial charge is 0.351 e. The summed E-state index contributed by atoms with van der Waals surface area (Å²) < 4.78 is 54.5. The van der Waals surface area contributed by atoms with Crippen molar-refractivity contribution in [1.29, 1.82) is 0 Å². The van der Waals surface area contributed by atoms with E-state index in [-0.39, 0.29) is 56.5 Å². The molecule has 19 heteroatoms. The summed E-state index contributed by atoms with van der Waals surface area (Å²) in [7, 11) is 3.62. The average molecular weight is 889 g/mol. The number of nitrogen functional groups attached to an aromatic ring is 1. The van der Waals surface area contributed by atoms with Crippen LogP contribution in [0, 0.1) is 17.8 Å². The minimum Gasteiger partial charge on any atom is -0.457 e. The fraction of sp³-hybridized carbons (Fsp3) is 0.705. The fourth-order valence-electron chi connectivity index (χ4n) is 8.90. The summed E-state index contributed by atoms with van der Waals surface area (Å²) in [6.45, 7) is 13.1. The lowest BCUT2D eigenvalue weighted by molar-refractivity contribution is -0.296. The van der Waals surface area contributed by atoms with Crippen molar-refractivity contribution in [2.75, 3.05) is 33.0 Å². The number of aromatic nitrogens is 2. The molecule has 0 radical (unpaired) electrons. The Kier molecular flexibility index (Phi) is 16.0. The first-order valence-corrected chi connectivity index (χ1v) is 21.6. The molecule has 3 fully saturated rings. The van der Waals surface area contributed by atoms with E-state index >= 15 is 4.39 Å². The van der Waals surface area contributed by atoms with Crippen LogP contribution in [0.4, 0.5) is 10.2 Å². The number of ketones is 1. The van der Waals surface area contributed by atoms with Crippen LogP contribution in [0.5, 0.6) is 0 Å². The Morgan fingerprint density at radius 3 is 2.44 bits per heavy atom. The molecular formula is C44H65FN6O12. The lowest BCUT2D eigenvalue weighted by Gasteiger charge is -2.47. The number of pyridine rings is 1. The number of carbonyl (C=O) groups is 3. The predicted octanol–water partition coefficient (Wildman–Crippen LogP) is 4.24. The van der Waals surface area contributed by atoms with Gasteiger partial charge in [-0.3, -0.25) is 9.59 Å². The van der Waals surface area contributed by atoms with Gasteiger partial charge in [-0.15, -0.1) is 0 Å². The van der Waals surface area contributed by atoms with Crippen LogP contribution >= 0.6 is 0 Å². The number of anilines is 1. The van der Waals surface area contributed by atoms with E-state index in [0.717, 1.165) is 6.92 Å². The summed E-state index contributed by atoms with van der Waals surface area (Å²) in [6, 6.07) is 4.62. The summed E-state index contributed by atoms with van der Waals surface area (Å²) in [5.41, 5.74) is 0.191. The normalized spacial score (nSPS) is 37.6. The van der Waals surface area contributed by atoms with Gasteiger partial charge in [0.05, 0.1) is 37.1 Å². The van der Waals surface area contributed by atoms with Gasteiger partial charge in [-0.05, 0) is 79.1 Å². The number of likely N-dealkylation sites (N-methyl/N-ethyl adjacent to an activating group) is 1. The zero-order chi connectivity index (χ0) is 46.6. The molecule has 0 aliphatic carbocycles. The summed E-state index contributed by atoms with van der Waals surface area (Å²) in [5.74, 6) is -5.62. The topological polar surface area (TPSA) is 240 Å². The summed E-state index contributed by atoms with van der Waals surface area (Å²) >= 11 is 0. The molecule has 350 valence electrons. The molecule has 3 saturated heterocycles. The third-order valence-corrected chi connectivity index (χ3v) is 12.4. The van der Waals surface area contributed by atoms with Gasteiger partial charge in [0.2, 0.25) is 11.8 Å². The van der Waals surface area contributed by atoms with Gasteiger partial charge < -0.3 is 53.8 Å². The molecule has 2 aromatic heterocycles. The van der Waals surface area contributed by atoms with Crippen molar-refractivity contribution in [3.05, 3.63) is 30.2 Å². The average Bonchev–Trinajstić information content (AvgIpc) is 3.70. The quantitative estimate of drug-likeness (QED) is 0.181. The van der Waals surface area contributed by atoms with Crippen LogP contribution in [-0.4, -0.2) is 141 Å². The number of Topliss-reactive ketones (excluding diaryl/α,β-unsaturated/α-hetero) is 1. The number of oxazole rings is 1. The molecular weight excluding hydrogens is 824 g/mol. The molecule has 18 nitrogen and oxygen atoms in total. The molecule has 1 amide bonds. The molecule has 2 aromatic rings. The zero-order valence-electron chi connectivity index (χ0n) is 38.2. The number of aliphatic hydroxyl groups excluding tert-OH is 1. The van der Waals surface area contributed by atoms with Gasteiger partial charge >= 0.3 is 5.97 Å². The Morgan fingerprint density at radius 1 is 1.08 bits per heavy atom. The first-order valence-electron chi connectivity index (χ1n) is 21.6. The molecule has 2 bridgehead atoms. The molecule has 3 aliphatic rings. The fourth-order valence-corrected chi connectivity index (χ4v) is 8.90. The van der Waals surface area contributed by atoms with Crippen molar-refractivity contribution < 1.29 is 61.9 Å². The molecule has 0 unspecified atom stereocenters. The van der Waals surface area contributed by atoms with E-state index in [4.69, 9.17) is 38.7 Å². The third-order valence-electron chi connectivity index (χ3n) is 12.4. The van der Waals surface area contributed by atoms with Crippen molar-refractivity contribution >= 4 is 34.9 Å². The molecule has 63 heavy (non-hydrogen) atoms. The maximum atomic E-state index is 16.9. The van der Waals surface area contributed by atoms with Gasteiger partial charge in [0.15, 0.2) is 18.7 Å². The number of ether oxygens (including phenoxy) is 5. The molecule has 5 rings (SSSR count). The van der Waals surface area contributed by atoms with Gasteiger partial charge in [0.1, 0.15) is 47.0 Å². The van der Waals surface area contributed by atoms with Crippen molar-refractivity contribution in [1.82, 2.24) is 14.9 Å². The van der Waals surface area contributed by atoms with Crippen molar-refractivity contribution in [3.8, 4) is 11.6 Å². The van der Waals surface area contributed by atoms with E-state index in [2.05, 4.69) is 20.1 Å². The van der Waals surface area contributed by atoms with Crippen LogP contribution in [0.1, 0.15) is 93.7 Å². The Balaban J connectivity index is 1.67. The number of halogens is 1. The highest BCUT2D eigenvalue weighted by Gasteiger charge is 2.56. The Labute approximate surface area is 368 Å². The standard InChI is InChI=1S/C44H65FN6O12/c1-12-31-44(9,56)38-25(5)34(49-33(52)13-2)23(3)18-42(7,59-21-28(20-57-38)50-60-22-27-19-58-39(47-27)29-15-14-16-32(46)48-29)37(26(6)36(54)43(8,45)41(55)62-31)63-40-35(53)30(51(10)11)17-24(4)61-40/h14-16,19,23-26,30-31,35,37-38,40,53,56H,12-13,17-18,20-22H2,1-11H3,(H2,46,48)/b49-34?,50-28+/t23-,24-,25+,26+,30+,31-,35-,37-,38-,40+,42-,43+,44-/m1/s1. The molecule has 0 spiro atoms. The number of nitrogens with zero attached hydrogens (tertiary/aromatic N) is 5. The van der Waals surface area contributed by atoms with Gasteiger partial charge in [-0.25, -0.2) is 24.1 Å². The zero-order valence-corrected chi connectivity index (χ0v) is 38.2. The minimum absolute atomic E-state index is 0.0155. The van der Waals surface area contributed by atoms with Gasteiger partial charge in [-0.2, -0.15) is 0 Å². The van der Waals surface area contributed by atoms with E-state index in [1.807, 2.05) is 32.8 Å². The van der Waals surface area contributed by atoms with E-state index in [9.17, 15) is 24.6 Å². The molecule has 3 aliphatic heterocycles. The highest BCUT2D eigenvalue weighted by molar-refractivity contribution is 6.08. The summed E-state index contributed by atoms with van der Waals surface area (Å²) in [6.07, 6.45) is -5.20. The number of nitrogens with two attached hydrogens (primary N) is 1. The number of alkyl halides is 1. The number of esters is 1. The Bertz CT molecular complexity index is 1990. The van der Waals surface area contributed by atoms with E-state index < -0.39 is 95.1 Å². The van der Waals surface area contributed by atoms with E-state index in [0.29, 0.717) is 23.5 Å². The monoisotopic (exact) mass is 888 g/mol. The van der Waals surface area contributed by atoms with Crippen LogP contribution in [0.3, 0.4) is 0 Å². The number of amides is 1. The first-order chi connectivity index (χ1) is 29.5. The minimum atomic E-state index is -3.24. The molecule has 13 atom stereocenters. The Hall–Kier alpha value is -4.24. The second kappa shape index (κ2) is 20.3. The lowest BCUT2D eigenvalue weighted by Crippen LogP contribution is -2.61. The van der Waals surface area contributed by atoms with Crippen LogP contribution in [0.2, 0.25) is 0 Å². The number of fused-ring (bicyclic) bond motifs is 5. The highest BCUT2D eigenvalue weighted by Crippen LogP contribution is 2.41. The predicted molar refractivity (Wildman–Crippen MR) is 228 cm³/mol. The van der Waals surface area contributed by atoms with Gasteiger partial charge in [0.25, 0.3) is 5.67 Å². The number of oxime groups is 1. The second-order valence-corrected chi connectivity index (χ2v) is 17.8. The summed E-state index contributed by atoms with van der Waals surface area (Å²) in [5, 5.41) is 28.5. The maximum absolute atomic E-state index is 16.9. The van der Waals surface area contributed by atoms with E-state index in [1.54, 1.807) is 45.9 Å². The van der Waals surface area contributed by atoms with Crippen LogP contribution in [0.25, 0.3) is 11.6 Å². The number of carbonyl (C=O) groups excluding carboxylic acids is 3. The number of aliphatic imine (C=N–C) groups is 1. The second-order valence-electron chi connectivity index (χ2n) is 17.8. The number of aliphatic hydroxyl groups is 2. The number of hydrogen-bond acceptors (Lipinski definition) is 17. The number of cyclic esters (lactones) is 1. The Morgan fingerprint density at radius 2 is 1.79 bits per heavy atom. The molecule has 0 aromatic carbocycles. The van der Waals surface area contributed by atoms with Crippen molar-refractivity contribution in [2.24, 2.45) is 27.9 Å². The largest absolute Gasteiger partial charge is 0.457 e. The molecule has 0 saturated carbocycles. The van der Waals surface area contributed by atoms with Crippen LogP contribution < -0.4 is 5.73 Å². The van der Waals surface area contributed by atoms with Gasteiger partial charge in [-0.1, -0.05) is 45.8 Å². The number of hydrogen-bond donors (Lipinski definition) is 3. The lowest BCUT2D eigenvalue weighted by atomic mass is 9.73. The highest BCUT2D eigenvalue weighted by atomic mass is 19.1. The first kappa shape index (κ1) is 49.8. The van der Waals surface area contributed by atoms with Crippen molar-refractivity contribution in [3.63, 3.8) is 0 Å². The van der Waals surface area contributed by atoms with Gasteiger partial charge in [0, 0.05) is 30.0 Å². The summed E-state index contributed by atoms with van der Waals surface area (Å²) in [4.78, 5) is 62.4.